The number of hydrogen-bond acceptors (Lipinski definition) is 3. The lowest BCUT2D eigenvalue weighted by Crippen LogP contribution is -2.36. The van der Waals surface area contributed by atoms with Crippen molar-refractivity contribution in [3.05, 3.63) is 29.6 Å². The normalized spacial score (nSPS) is 13.7. The number of aliphatic hydroxyl groups excluding tert-OH is 1. The molecule has 1 rings (SSSR count). The first-order chi connectivity index (χ1) is 9.43. The molecule has 0 aromatic heterocycles. The van der Waals surface area contributed by atoms with Gasteiger partial charge < -0.3 is 15.2 Å². The molecule has 2 N–H and O–H groups in total. The van der Waals surface area contributed by atoms with Crippen molar-refractivity contribution >= 4 is 5.91 Å². The smallest absolute Gasteiger partial charge is 0.258 e. The molecule has 20 heavy (non-hydrogen) atoms. The van der Waals surface area contributed by atoms with Crippen LogP contribution in [0.25, 0.3) is 0 Å². The highest BCUT2D eigenvalue weighted by Gasteiger charge is 2.11. The number of hydrogen-bond donors (Lipinski definition) is 2. The van der Waals surface area contributed by atoms with Crippen molar-refractivity contribution in [1.29, 1.82) is 0 Å². The van der Waals surface area contributed by atoms with Gasteiger partial charge in [-0.05, 0) is 38.0 Å². The zero-order chi connectivity index (χ0) is 15.1. The molecule has 1 amide bonds. The number of carbonyl (C=O) groups excluding carboxylic acids is 1. The van der Waals surface area contributed by atoms with Gasteiger partial charge in [0, 0.05) is 6.04 Å². The first-order valence-corrected chi connectivity index (χ1v) is 6.83. The summed E-state index contributed by atoms with van der Waals surface area (Å²) in [5.74, 6) is -0.851. The summed E-state index contributed by atoms with van der Waals surface area (Å²) in [6.45, 7) is 5.29. The Morgan fingerprint density at radius 3 is 2.70 bits per heavy atom. The van der Waals surface area contributed by atoms with Crippen LogP contribution in [0, 0.1) is 5.82 Å². The van der Waals surface area contributed by atoms with E-state index in [0.717, 1.165) is 12.8 Å². The molecule has 2 atom stereocenters. The Balaban J connectivity index is 2.51. The second-order valence-electron chi connectivity index (χ2n) is 4.91. The van der Waals surface area contributed by atoms with Crippen molar-refractivity contribution < 1.29 is 19.0 Å². The number of nitrogens with one attached hydrogen (secondary N) is 1. The number of benzene rings is 1. The van der Waals surface area contributed by atoms with E-state index in [2.05, 4.69) is 5.32 Å². The lowest BCUT2D eigenvalue weighted by atomic mass is 10.1. The predicted molar refractivity (Wildman–Crippen MR) is 75.0 cm³/mol. The molecule has 0 fully saturated rings. The van der Waals surface area contributed by atoms with Crippen molar-refractivity contribution in [2.45, 2.75) is 45.8 Å². The van der Waals surface area contributed by atoms with Crippen LogP contribution >= 0.6 is 0 Å². The third-order valence-electron chi connectivity index (χ3n) is 2.93. The largest absolute Gasteiger partial charge is 0.481 e. The van der Waals surface area contributed by atoms with E-state index in [1.807, 2.05) is 13.8 Å². The highest BCUT2D eigenvalue weighted by molar-refractivity contribution is 5.77. The predicted octanol–water partition coefficient (Wildman–Crippen LogP) is 2.56. The molecule has 0 bridgehead atoms. The zero-order valence-corrected chi connectivity index (χ0v) is 12.1. The van der Waals surface area contributed by atoms with Crippen LogP contribution in [0.1, 0.15) is 45.3 Å². The van der Waals surface area contributed by atoms with Crippen molar-refractivity contribution in [2.24, 2.45) is 0 Å². The van der Waals surface area contributed by atoms with Crippen LogP contribution in [0.5, 0.6) is 5.75 Å². The third kappa shape index (κ3) is 5.17. The highest BCUT2D eigenvalue weighted by Crippen LogP contribution is 2.21. The maximum Gasteiger partial charge on any atom is 0.258 e. The van der Waals surface area contributed by atoms with Crippen LogP contribution < -0.4 is 10.1 Å². The molecule has 1 unspecified atom stereocenters. The van der Waals surface area contributed by atoms with Crippen LogP contribution in [-0.4, -0.2) is 23.7 Å². The Bertz CT molecular complexity index is 449. The van der Waals surface area contributed by atoms with Crippen LogP contribution in [0.2, 0.25) is 0 Å². The van der Waals surface area contributed by atoms with Gasteiger partial charge in [-0.2, -0.15) is 0 Å². The standard InChI is InChI=1S/C15H22FNO3/c1-4-5-10(2)17-15(19)9-20-14-7-6-12(11(3)18)8-13(14)16/h6-8,10-11,18H,4-5,9H2,1-3H3,(H,17,19)/t10?,11-/m1/s1. The van der Waals surface area contributed by atoms with Crippen LogP contribution in [-0.2, 0) is 4.79 Å². The number of rotatable bonds is 7. The summed E-state index contributed by atoms with van der Waals surface area (Å²) in [5.41, 5.74) is 0.468. The molecule has 1 aromatic rings. The summed E-state index contributed by atoms with van der Waals surface area (Å²) in [4.78, 5) is 11.6. The Labute approximate surface area is 119 Å². The maximum absolute atomic E-state index is 13.7. The fourth-order valence-electron chi connectivity index (χ4n) is 1.86. The Hall–Kier alpha value is -1.62. The van der Waals surface area contributed by atoms with E-state index in [1.165, 1.54) is 12.1 Å². The summed E-state index contributed by atoms with van der Waals surface area (Å²) in [6.07, 6.45) is 1.14. The molecular formula is C15H22FNO3. The van der Waals surface area contributed by atoms with Crippen molar-refractivity contribution in [3.63, 3.8) is 0 Å². The molecule has 0 saturated heterocycles. The zero-order valence-electron chi connectivity index (χ0n) is 12.1. The van der Waals surface area contributed by atoms with Gasteiger partial charge in [0.2, 0.25) is 0 Å². The maximum atomic E-state index is 13.7. The van der Waals surface area contributed by atoms with E-state index in [9.17, 15) is 14.3 Å². The number of halogens is 1. The quantitative estimate of drug-likeness (QED) is 0.808. The number of amides is 1. The van der Waals surface area contributed by atoms with E-state index in [1.54, 1.807) is 13.0 Å². The minimum Gasteiger partial charge on any atom is -0.481 e. The second kappa shape index (κ2) is 7.85. The summed E-state index contributed by atoms with van der Waals surface area (Å²) in [5, 5.41) is 12.1. The van der Waals surface area contributed by atoms with E-state index < -0.39 is 11.9 Å². The molecule has 112 valence electrons. The van der Waals surface area contributed by atoms with Crippen LogP contribution in [0.4, 0.5) is 4.39 Å². The fourth-order valence-corrected chi connectivity index (χ4v) is 1.86. The van der Waals surface area contributed by atoms with Crippen LogP contribution in [0.15, 0.2) is 18.2 Å². The molecule has 0 radical (unpaired) electrons. The van der Waals surface area contributed by atoms with Gasteiger partial charge in [-0.1, -0.05) is 19.4 Å². The van der Waals surface area contributed by atoms with Gasteiger partial charge in [0.25, 0.3) is 5.91 Å². The molecule has 0 aliphatic rings. The van der Waals surface area contributed by atoms with Crippen molar-refractivity contribution in [2.75, 3.05) is 6.61 Å². The average Bonchev–Trinajstić information content (AvgIpc) is 2.37. The lowest BCUT2D eigenvalue weighted by molar-refractivity contribution is -0.123. The molecule has 0 aliphatic carbocycles. The highest BCUT2D eigenvalue weighted by atomic mass is 19.1. The van der Waals surface area contributed by atoms with E-state index >= 15 is 0 Å². The van der Waals surface area contributed by atoms with Gasteiger partial charge >= 0.3 is 0 Å². The molecule has 0 spiro atoms. The van der Waals surface area contributed by atoms with E-state index in [0.29, 0.717) is 5.56 Å². The Kier molecular flexibility index (Phi) is 6.45. The van der Waals surface area contributed by atoms with Gasteiger partial charge in [-0.15, -0.1) is 0 Å². The van der Waals surface area contributed by atoms with Gasteiger partial charge in [-0.25, -0.2) is 4.39 Å². The minimum absolute atomic E-state index is 0.00712. The average molecular weight is 283 g/mol. The van der Waals surface area contributed by atoms with E-state index in [-0.39, 0.29) is 24.3 Å². The van der Waals surface area contributed by atoms with E-state index in [4.69, 9.17) is 4.74 Å². The van der Waals surface area contributed by atoms with Gasteiger partial charge in [0.15, 0.2) is 18.2 Å². The summed E-state index contributed by atoms with van der Waals surface area (Å²) < 4.78 is 18.8. The lowest BCUT2D eigenvalue weighted by Gasteiger charge is -2.14. The topological polar surface area (TPSA) is 58.6 Å². The number of aliphatic hydroxyl groups is 1. The molecule has 0 saturated carbocycles. The first kappa shape index (κ1) is 16.4. The molecule has 4 nitrogen and oxygen atoms in total. The summed E-state index contributed by atoms with van der Waals surface area (Å²) >= 11 is 0. The SMILES string of the molecule is CCCC(C)NC(=O)COc1ccc([C@@H](C)O)cc1F. The number of carbonyl (C=O) groups is 1. The van der Waals surface area contributed by atoms with Crippen LogP contribution in [0.3, 0.4) is 0 Å². The van der Waals surface area contributed by atoms with Gasteiger partial charge in [0.1, 0.15) is 0 Å². The molecular weight excluding hydrogens is 261 g/mol. The molecule has 0 aliphatic heterocycles. The monoisotopic (exact) mass is 283 g/mol. The molecule has 1 aromatic carbocycles. The fraction of sp³-hybridized carbons (Fsp3) is 0.533. The second-order valence-corrected chi connectivity index (χ2v) is 4.91. The summed E-state index contributed by atoms with van der Waals surface area (Å²) in [7, 11) is 0. The Morgan fingerprint density at radius 1 is 1.45 bits per heavy atom. The van der Waals surface area contributed by atoms with Gasteiger partial charge in [-0.3, -0.25) is 4.79 Å². The minimum atomic E-state index is -0.739. The molecule has 5 heteroatoms. The first-order valence-electron chi connectivity index (χ1n) is 6.83. The Morgan fingerprint density at radius 2 is 2.15 bits per heavy atom. The molecule has 0 heterocycles. The summed E-state index contributed by atoms with van der Waals surface area (Å²) in [6, 6.07) is 4.27. The van der Waals surface area contributed by atoms with Crippen molar-refractivity contribution in [3.8, 4) is 5.75 Å². The third-order valence-corrected chi connectivity index (χ3v) is 2.93. The number of ether oxygens (including phenoxy) is 1. The van der Waals surface area contributed by atoms with Gasteiger partial charge in [0.05, 0.1) is 6.10 Å². The van der Waals surface area contributed by atoms with Crippen molar-refractivity contribution in [1.82, 2.24) is 5.32 Å².